The normalized spacial score (nSPS) is 19.7. The van der Waals surface area contributed by atoms with Crippen LogP contribution in [0.3, 0.4) is 0 Å². The van der Waals surface area contributed by atoms with E-state index in [1.54, 1.807) is 6.07 Å². The minimum absolute atomic E-state index is 0. The molecule has 1 aromatic carbocycles. The van der Waals surface area contributed by atoms with Crippen LogP contribution in [-0.4, -0.2) is 25.6 Å². The first kappa shape index (κ1) is 22.0. The number of hydrogen-bond donors (Lipinski definition) is 2. The Hall–Kier alpha value is -1.33. The molecule has 27 heavy (non-hydrogen) atoms. The van der Waals surface area contributed by atoms with Gasteiger partial charge in [0.2, 0.25) is 5.91 Å². The molecule has 1 saturated heterocycles. The van der Waals surface area contributed by atoms with Crippen molar-refractivity contribution in [2.24, 2.45) is 17.8 Å². The van der Waals surface area contributed by atoms with Crippen LogP contribution in [0.25, 0.3) is 0 Å². The number of ether oxygens (including phenoxy) is 1. The number of nitrogens with one attached hydrogen (secondary N) is 2. The highest BCUT2D eigenvalue weighted by atomic mass is 35.5. The van der Waals surface area contributed by atoms with Gasteiger partial charge in [0, 0.05) is 6.42 Å². The first-order valence-corrected chi connectivity index (χ1v) is 9.95. The molecule has 152 valence electrons. The Balaban J connectivity index is 0.00000261. The molecule has 2 unspecified atom stereocenters. The van der Waals surface area contributed by atoms with Crippen LogP contribution in [0, 0.1) is 23.6 Å². The Morgan fingerprint density at radius 1 is 1.26 bits per heavy atom. The molecule has 2 N–H and O–H groups in total. The molecule has 1 aliphatic carbocycles. The molecule has 1 heterocycles. The van der Waals surface area contributed by atoms with E-state index in [-0.39, 0.29) is 30.2 Å². The summed E-state index contributed by atoms with van der Waals surface area (Å²) < 4.78 is 19.8. The molecule has 2 atom stereocenters. The Bertz CT molecular complexity index is 618. The Labute approximate surface area is 168 Å². The molecular weight excluding hydrogens is 367 g/mol. The quantitative estimate of drug-likeness (QED) is 0.688. The summed E-state index contributed by atoms with van der Waals surface area (Å²) in [7, 11) is 0. The number of benzene rings is 1. The van der Waals surface area contributed by atoms with Gasteiger partial charge in [0.1, 0.15) is 0 Å². The SMILES string of the molecule is CC(NC(=O)CC(C)C1CCNCC1)c1ccc(OCC2CC2)c(F)c1.Cl. The minimum atomic E-state index is -0.354. The van der Waals surface area contributed by atoms with Gasteiger partial charge in [-0.05, 0) is 81.1 Å². The number of halogens is 2. The van der Waals surface area contributed by atoms with Crippen LogP contribution in [-0.2, 0) is 4.79 Å². The largest absolute Gasteiger partial charge is 0.490 e. The van der Waals surface area contributed by atoms with Crippen LogP contribution >= 0.6 is 12.4 Å². The van der Waals surface area contributed by atoms with Crippen molar-refractivity contribution in [3.8, 4) is 5.75 Å². The summed E-state index contributed by atoms with van der Waals surface area (Å²) in [5, 5.41) is 6.37. The van der Waals surface area contributed by atoms with Gasteiger partial charge in [-0.25, -0.2) is 4.39 Å². The lowest BCUT2D eigenvalue weighted by Crippen LogP contribution is -2.34. The van der Waals surface area contributed by atoms with Crippen molar-refractivity contribution in [1.29, 1.82) is 0 Å². The van der Waals surface area contributed by atoms with E-state index in [1.807, 2.05) is 13.0 Å². The van der Waals surface area contributed by atoms with Gasteiger partial charge in [-0.1, -0.05) is 13.0 Å². The van der Waals surface area contributed by atoms with Gasteiger partial charge in [0.05, 0.1) is 12.6 Å². The van der Waals surface area contributed by atoms with E-state index in [0.717, 1.165) is 31.5 Å². The van der Waals surface area contributed by atoms with Gasteiger partial charge in [-0.2, -0.15) is 0 Å². The highest BCUT2D eigenvalue weighted by Gasteiger charge is 2.24. The van der Waals surface area contributed by atoms with Crippen molar-refractivity contribution in [2.45, 2.75) is 52.0 Å². The third-order valence-electron chi connectivity index (χ3n) is 5.70. The fourth-order valence-electron chi connectivity index (χ4n) is 3.65. The van der Waals surface area contributed by atoms with E-state index < -0.39 is 0 Å². The lowest BCUT2D eigenvalue weighted by atomic mass is 9.84. The van der Waals surface area contributed by atoms with Crippen LogP contribution < -0.4 is 15.4 Å². The second-order valence-corrected chi connectivity index (χ2v) is 8.00. The van der Waals surface area contributed by atoms with Crippen molar-refractivity contribution in [2.75, 3.05) is 19.7 Å². The highest BCUT2D eigenvalue weighted by Crippen LogP contribution is 2.31. The molecule has 1 amide bonds. The summed E-state index contributed by atoms with van der Waals surface area (Å²) in [4.78, 5) is 12.4. The zero-order chi connectivity index (χ0) is 18.5. The molecular formula is C21H32ClFN2O2. The van der Waals surface area contributed by atoms with Gasteiger partial charge < -0.3 is 15.4 Å². The maximum absolute atomic E-state index is 14.2. The van der Waals surface area contributed by atoms with Crippen LogP contribution in [0.2, 0.25) is 0 Å². The fraction of sp³-hybridized carbons (Fsp3) is 0.667. The average Bonchev–Trinajstić information content (AvgIpc) is 3.45. The summed E-state index contributed by atoms with van der Waals surface area (Å²) in [5.74, 6) is 1.56. The van der Waals surface area contributed by atoms with Crippen molar-refractivity contribution in [1.82, 2.24) is 10.6 Å². The highest BCUT2D eigenvalue weighted by molar-refractivity contribution is 5.85. The predicted octanol–water partition coefficient (Wildman–Crippen LogP) is 4.24. The van der Waals surface area contributed by atoms with E-state index >= 15 is 0 Å². The lowest BCUT2D eigenvalue weighted by Gasteiger charge is -2.28. The summed E-state index contributed by atoms with van der Waals surface area (Å²) >= 11 is 0. The second-order valence-electron chi connectivity index (χ2n) is 8.00. The predicted molar refractivity (Wildman–Crippen MR) is 108 cm³/mol. The molecule has 1 saturated carbocycles. The van der Waals surface area contributed by atoms with E-state index in [0.29, 0.717) is 36.5 Å². The minimum Gasteiger partial charge on any atom is -0.490 e. The Morgan fingerprint density at radius 2 is 1.96 bits per heavy atom. The number of carbonyl (C=O) groups excluding carboxylic acids is 1. The van der Waals surface area contributed by atoms with E-state index in [1.165, 1.54) is 18.9 Å². The molecule has 4 nitrogen and oxygen atoms in total. The first-order valence-electron chi connectivity index (χ1n) is 9.95. The lowest BCUT2D eigenvalue weighted by molar-refractivity contribution is -0.123. The third-order valence-corrected chi connectivity index (χ3v) is 5.70. The monoisotopic (exact) mass is 398 g/mol. The third kappa shape index (κ3) is 6.65. The van der Waals surface area contributed by atoms with Gasteiger partial charge in [0.25, 0.3) is 0 Å². The van der Waals surface area contributed by atoms with Gasteiger partial charge in [-0.3, -0.25) is 4.79 Å². The maximum atomic E-state index is 14.2. The van der Waals surface area contributed by atoms with Crippen LogP contribution in [0.1, 0.15) is 57.6 Å². The van der Waals surface area contributed by atoms with Crippen LogP contribution in [0.5, 0.6) is 5.75 Å². The first-order chi connectivity index (χ1) is 12.5. The van der Waals surface area contributed by atoms with E-state index in [2.05, 4.69) is 17.6 Å². The molecule has 1 aromatic rings. The molecule has 0 bridgehead atoms. The number of amides is 1. The van der Waals surface area contributed by atoms with Gasteiger partial charge >= 0.3 is 0 Å². The summed E-state index contributed by atoms with van der Waals surface area (Å²) in [6, 6.07) is 4.78. The van der Waals surface area contributed by atoms with Crippen molar-refractivity contribution >= 4 is 18.3 Å². The summed E-state index contributed by atoms with van der Waals surface area (Å²) in [6.45, 7) is 6.73. The van der Waals surface area contributed by atoms with Gasteiger partial charge in [0.15, 0.2) is 11.6 Å². The topological polar surface area (TPSA) is 50.4 Å². The maximum Gasteiger partial charge on any atom is 0.220 e. The zero-order valence-electron chi connectivity index (χ0n) is 16.3. The Morgan fingerprint density at radius 3 is 2.59 bits per heavy atom. The van der Waals surface area contributed by atoms with Crippen molar-refractivity contribution in [3.05, 3.63) is 29.6 Å². The number of piperidine rings is 1. The van der Waals surface area contributed by atoms with Crippen molar-refractivity contribution in [3.63, 3.8) is 0 Å². The molecule has 3 rings (SSSR count). The number of carbonyl (C=O) groups is 1. The number of rotatable bonds is 8. The van der Waals surface area contributed by atoms with Crippen LogP contribution in [0.4, 0.5) is 4.39 Å². The fourth-order valence-corrected chi connectivity index (χ4v) is 3.65. The van der Waals surface area contributed by atoms with E-state index in [4.69, 9.17) is 4.74 Å². The van der Waals surface area contributed by atoms with E-state index in [9.17, 15) is 9.18 Å². The zero-order valence-corrected chi connectivity index (χ0v) is 17.1. The molecule has 2 fully saturated rings. The smallest absolute Gasteiger partial charge is 0.220 e. The summed E-state index contributed by atoms with van der Waals surface area (Å²) in [6.07, 6.45) is 5.16. The second kappa shape index (κ2) is 10.3. The Kier molecular flexibility index (Phi) is 8.36. The average molecular weight is 399 g/mol. The molecule has 0 aromatic heterocycles. The molecule has 0 spiro atoms. The molecule has 0 radical (unpaired) electrons. The molecule has 6 heteroatoms. The van der Waals surface area contributed by atoms with Crippen molar-refractivity contribution < 1.29 is 13.9 Å². The summed E-state index contributed by atoms with van der Waals surface area (Å²) in [5.41, 5.74) is 0.768. The van der Waals surface area contributed by atoms with Gasteiger partial charge in [-0.15, -0.1) is 12.4 Å². The molecule has 1 aliphatic heterocycles. The number of hydrogen-bond acceptors (Lipinski definition) is 3. The molecule has 2 aliphatic rings. The standard InChI is InChI=1S/C21H31FN2O2.ClH/c1-14(17-7-9-23-10-8-17)11-21(25)24-15(2)18-5-6-20(19(22)12-18)26-13-16-3-4-16;/h5-6,12,14-17,23H,3-4,7-11,13H2,1-2H3,(H,24,25);1H. The van der Waals surface area contributed by atoms with Crippen LogP contribution in [0.15, 0.2) is 18.2 Å².